The van der Waals surface area contributed by atoms with E-state index in [1.54, 1.807) is 0 Å². The van der Waals surface area contributed by atoms with Gasteiger partial charge in [-0.2, -0.15) is 5.26 Å². The second-order valence-electron chi connectivity index (χ2n) is 24.4. The van der Waals surface area contributed by atoms with Gasteiger partial charge in [-0.3, -0.25) is 0 Å². The molecule has 0 bridgehead atoms. The first-order valence-corrected chi connectivity index (χ1v) is 31.7. The third kappa shape index (κ3) is 7.23. The number of nitrogens with zero attached hydrogens (tertiary/aromatic N) is 5. The standard InChI is InChI=1S/C86H51N5O2/c87-51-67-81(88-68-35-12-4-11-29-57(68)58-30-13-18-36-69(58)88)83(90-72-47-45-63-61-33-16-21-39-76(61)92-85(63)79(72)65-43-41-55(49-74(65)90)52-23-5-1-6-24-52)78(54-27-9-3-10-28-54)84(82(67)89-70-37-19-14-31-59(70)60-32-15-20-38-71(60)89)91-73-48-46-64-62-34-17-22-40-77(62)93-86(64)80(73)66-44-42-56(50-75(66)91)53-25-7-2-8-26-53/h1-34,36-50H,35H2. The highest BCUT2D eigenvalue weighted by atomic mass is 16.3. The Kier molecular flexibility index (Phi) is 10.9. The molecule has 6 heterocycles. The lowest BCUT2D eigenvalue weighted by molar-refractivity contribution is 0.672. The Balaban J connectivity index is 1.11. The van der Waals surface area contributed by atoms with E-state index < -0.39 is 0 Å². The molecule has 0 fully saturated rings. The molecule has 7 heteroatoms. The van der Waals surface area contributed by atoms with Gasteiger partial charge in [0.1, 0.15) is 34.0 Å². The molecule has 0 unspecified atom stereocenters. The van der Waals surface area contributed by atoms with Crippen LogP contribution in [0.3, 0.4) is 0 Å². The smallest absolute Gasteiger partial charge is 0.145 e. The highest BCUT2D eigenvalue weighted by Crippen LogP contribution is 2.54. The maximum Gasteiger partial charge on any atom is 0.145 e. The van der Waals surface area contributed by atoms with Crippen molar-refractivity contribution in [2.24, 2.45) is 0 Å². The van der Waals surface area contributed by atoms with Crippen LogP contribution in [-0.2, 0) is 6.42 Å². The first-order valence-electron chi connectivity index (χ1n) is 31.7. The summed E-state index contributed by atoms with van der Waals surface area (Å²) < 4.78 is 24.2. The average molecular weight is 1190 g/mol. The Morgan fingerprint density at radius 3 is 1.25 bits per heavy atom. The van der Waals surface area contributed by atoms with Crippen molar-refractivity contribution >= 4 is 126 Å². The molecule has 19 aromatic rings. The van der Waals surface area contributed by atoms with Crippen LogP contribution in [-0.4, -0.2) is 18.3 Å². The van der Waals surface area contributed by atoms with Crippen molar-refractivity contribution in [1.82, 2.24) is 18.3 Å². The molecule has 0 amide bonds. The van der Waals surface area contributed by atoms with Gasteiger partial charge < -0.3 is 27.1 Å². The van der Waals surface area contributed by atoms with E-state index in [0.717, 1.165) is 188 Å². The van der Waals surface area contributed by atoms with Crippen LogP contribution in [0.25, 0.3) is 182 Å². The van der Waals surface area contributed by atoms with Crippen molar-refractivity contribution in [1.29, 1.82) is 5.26 Å². The van der Waals surface area contributed by atoms with Gasteiger partial charge in [0, 0.05) is 71.7 Å². The molecule has 0 saturated carbocycles. The molecule has 13 aromatic carbocycles. The van der Waals surface area contributed by atoms with Gasteiger partial charge in [-0.1, -0.05) is 231 Å². The molecule has 0 aliphatic heterocycles. The van der Waals surface area contributed by atoms with E-state index in [9.17, 15) is 5.26 Å². The van der Waals surface area contributed by atoms with Crippen molar-refractivity contribution < 1.29 is 8.83 Å². The van der Waals surface area contributed by atoms with Crippen molar-refractivity contribution in [3.8, 4) is 62.2 Å². The summed E-state index contributed by atoms with van der Waals surface area (Å²) in [6.07, 6.45) is 9.39. The van der Waals surface area contributed by atoms with E-state index in [2.05, 4.69) is 309 Å². The topological polar surface area (TPSA) is 69.8 Å². The highest BCUT2D eigenvalue weighted by molar-refractivity contribution is 6.27. The largest absolute Gasteiger partial charge is 0.455 e. The van der Waals surface area contributed by atoms with Crippen LogP contribution in [0.2, 0.25) is 0 Å². The minimum atomic E-state index is 0.491. The number of hydrogen-bond donors (Lipinski definition) is 0. The van der Waals surface area contributed by atoms with Gasteiger partial charge in [-0.15, -0.1) is 0 Å². The van der Waals surface area contributed by atoms with Crippen LogP contribution in [0.1, 0.15) is 16.8 Å². The van der Waals surface area contributed by atoms with E-state index in [4.69, 9.17) is 8.83 Å². The minimum Gasteiger partial charge on any atom is -0.455 e. The van der Waals surface area contributed by atoms with E-state index in [1.165, 1.54) is 0 Å². The molecule has 0 radical (unpaired) electrons. The number of furan rings is 2. The summed E-state index contributed by atoms with van der Waals surface area (Å²) >= 11 is 0. The zero-order chi connectivity index (χ0) is 61.0. The van der Waals surface area contributed by atoms with Gasteiger partial charge in [0.15, 0.2) is 0 Å². The van der Waals surface area contributed by atoms with Gasteiger partial charge >= 0.3 is 0 Å². The molecule has 432 valence electrons. The summed E-state index contributed by atoms with van der Waals surface area (Å²) in [6.45, 7) is 0. The van der Waals surface area contributed by atoms with Crippen LogP contribution in [0.5, 0.6) is 0 Å². The van der Waals surface area contributed by atoms with Crippen LogP contribution >= 0.6 is 0 Å². The van der Waals surface area contributed by atoms with Crippen LogP contribution in [0.15, 0.2) is 300 Å². The Morgan fingerprint density at radius 1 is 0.312 bits per heavy atom. The number of rotatable bonds is 7. The van der Waals surface area contributed by atoms with Crippen molar-refractivity contribution in [2.45, 2.75) is 6.42 Å². The first kappa shape index (κ1) is 51.3. The molecule has 20 rings (SSSR count). The fourth-order valence-corrected chi connectivity index (χ4v) is 15.8. The number of benzene rings is 13. The molecule has 0 atom stereocenters. The monoisotopic (exact) mass is 1190 g/mol. The lowest BCUT2D eigenvalue weighted by atomic mass is 9.93. The fraction of sp³-hybridized carbons (Fsp3) is 0.0116. The second-order valence-corrected chi connectivity index (χ2v) is 24.4. The van der Waals surface area contributed by atoms with Gasteiger partial charge in [0.2, 0.25) is 0 Å². The Labute approximate surface area is 532 Å². The molecule has 0 spiro atoms. The second kappa shape index (κ2) is 19.7. The van der Waals surface area contributed by atoms with Crippen molar-refractivity contribution in [2.75, 3.05) is 0 Å². The summed E-state index contributed by atoms with van der Waals surface area (Å²) in [5, 5.41) is 24.8. The van der Waals surface area contributed by atoms with Gasteiger partial charge in [0.25, 0.3) is 0 Å². The zero-order valence-corrected chi connectivity index (χ0v) is 50.0. The van der Waals surface area contributed by atoms with Gasteiger partial charge in [0.05, 0.1) is 72.1 Å². The summed E-state index contributed by atoms with van der Waals surface area (Å²) in [4.78, 5) is 0. The number of aromatic nitrogens is 4. The number of para-hydroxylation sites is 5. The summed E-state index contributed by atoms with van der Waals surface area (Å²) in [5.41, 5.74) is 21.9. The minimum absolute atomic E-state index is 0.491. The van der Waals surface area contributed by atoms with Gasteiger partial charge in [-0.05, 0) is 94.5 Å². The number of hydrogen-bond acceptors (Lipinski definition) is 3. The normalized spacial score (nSPS) is 12.6. The maximum atomic E-state index is 13.4. The third-order valence-corrected chi connectivity index (χ3v) is 19.6. The highest BCUT2D eigenvalue weighted by Gasteiger charge is 2.37. The van der Waals surface area contributed by atoms with E-state index in [-0.39, 0.29) is 0 Å². The molecule has 0 saturated heterocycles. The SMILES string of the molecule is N#Cc1c(-n2c3c(c4ccccc42)C=CC=CC3)c(-n2c3cc(-c4ccccc4)ccc3c3c4oc5ccccc5c4ccc32)c(-c2ccccc2)c(-n2c3cc(-c4ccccc4)ccc3c3c4oc5ccccc5c4ccc32)c1-n1c2ccccc2c2ccccc21. The van der Waals surface area contributed by atoms with Crippen LogP contribution in [0.4, 0.5) is 0 Å². The summed E-state index contributed by atoms with van der Waals surface area (Å²) in [6, 6.07) is 101. The molecule has 0 N–H and O–H groups in total. The van der Waals surface area contributed by atoms with Crippen LogP contribution < -0.4 is 0 Å². The summed E-state index contributed by atoms with van der Waals surface area (Å²) in [5.74, 6) is 0. The number of fused-ring (bicyclic) bond motifs is 20. The fourth-order valence-electron chi connectivity index (χ4n) is 15.8. The number of allylic oxidation sites excluding steroid dienone is 3. The molecule has 1 aliphatic carbocycles. The van der Waals surface area contributed by atoms with E-state index in [1.807, 2.05) is 12.1 Å². The molecular weight excluding hydrogens is 1130 g/mol. The lowest BCUT2D eigenvalue weighted by Crippen LogP contribution is -2.17. The quantitative estimate of drug-likeness (QED) is 0.160. The Hall–Kier alpha value is -12.6. The first-order chi connectivity index (χ1) is 46.2. The molecule has 7 nitrogen and oxygen atoms in total. The summed E-state index contributed by atoms with van der Waals surface area (Å²) in [7, 11) is 0. The Bertz CT molecular complexity index is 6460. The maximum absolute atomic E-state index is 13.4. The third-order valence-electron chi connectivity index (χ3n) is 19.6. The van der Waals surface area contributed by atoms with Crippen LogP contribution in [0, 0.1) is 11.3 Å². The molecular formula is C86H51N5O2. The van der Waals surface area contributed by atoms with E-state index >= 15 is 0 Å². The predicted octanol–water partition coefficient (Wildman–Crippen LogP) is 22.7. The average Bonchev–Trinajstić information content (AvgIpc) is 1.59. The van der Waals surface area contributed by atoms with Gasteiger partial charge in [-0.25, -0.2) is 0 Å². The van der Waals surface area contributed by atoms with Crippen molar-refractivity contribution in [3.05, 3.63) is 308 Å². The Morgan fingerprint density at radius 2 is 0.731 bits per heavy atom. The van der Waals surface area contributed by atoms with Crippen molar-refractivity contribution in [3.63, 3.8) is 0 Å². The molecule has 93 heavy (non-hydrogen) atoms. The molecule has 1 aliphatic rings. The number of nitriles is 1. The van der Waals surface area contributed by atoms with E-state index in [0.29, 0.717) is 12.0 Å². The molecule has 6 aromatic heterocycles. The lowest BCUT2D eigenvalue weighted by Gasteiger charge is -2.29. The predicted molar refractivity (Wildman–Crippen MR) is 384 cm³/mol. The zero-order valence-electron chi connectivity index (χ0n) is 50.0.